The molecule has 3 nitrogen and oxygen atoms in total. The van der Waals surface area contributed by atoms with Crippen molar-refractivity contribution in [1.29, 1.82) is 0 Å². The Morgan fingerprint density at radius 3 is 2.62 bits per heavy atom. The van der Waals surface area contributed by atoms with Gasteiger partial charge in [0.2, 0.25) is 0 Å². The molecule has 118 valence electrons. The van der Waals surface area contributed by atoms with Gasteiger partial charge < -0.3 is 5.32 Å². The third kappa shape index (κ3) is 4.00. The maximum Gasteiger partial charge on any atom is 0.180 e. The summed E-state index contributed by atoms with van der Waals surface area (Å²) >= 11 is 0. The molecule has 2 rings (SSSR count). The molecule has 1 aromatic carbocycles. The van der Waals surface area contributed by atoms with Crippen LogP contribution in [0.5, 0.6) is 0 Å². The molecule has 1 saturated carbocycles. The van der Waals surface area contributed by atoms with Gasteiger partial charge in [0.25, 0.3) is 0 Å². The Labute approximate surface area is 129 Å². The van der Waals surface area contributed by atoms with E-state index in [2.05, 4.69) is 19.2 Å². The van der Waals surface area contributed by atoms with E-state index in [4.69, 9.17) is 0 Å². The Bertz CT molecular complexity index is 566. The maximum absolute atomic E-state index is 12.2. The molecule has 1 aliphatic rings. The maximum atomic E-state index is 12.2. The quantitative estimate of drug-likeness (QED) is 0.890. The minimum absolute atomic E-state index is 0.144. The highest BCUT2D eigenvalue weighted by Gasteiger charge is 2.25. The Hall–Kier alpha value is -1.03. The lowest BCUT2D eigenvalue weighted by molar-refractivity contribution is 0.264. The van der Waals surface area contributed by atoms with Gasteiger partial charge in [0, 0.05) is 6.04 Å². The zero-order valence-electron chi connectivity index (χ0n) is 13.3. The summed E-state index contributed by atoms with van der Waals surface area (Å²) in [5.41, 5.74) is 0.772. The molecule has 0 aromatic heterocycles. The standard InChI is InChI=1S/C17H27NO2S/c1-4-21(19,20)17-11-6-5-10-16(17)18-15-9-7-8-14(12-15)13(2)3/h5-6,10-11,13-15,18H,4,7-9,12H2,1-3H3. The van der Waals surface area contributed by atoms with E-state index < -0.39 is 9.84 Å². The fourth-order valence-electron chi connectivity index (χ4n) is 3.20. The summed E-state index contributed by atoms with van der Waals surface area (Å²) in [5, 5.41) is 3.50. The highest BCUT2D eigenvalue weighted by Crippen LogP contribution is 2.33. The molecule has 0 bridgehead atoms. The number of sulfone groups is 1. The van der Waals surface area contributed by atoms with Crippen LogP contribution in [0.15, 0.2) is 29.2 Å². The average Bonchev–Trinajstić information content (AvgIpc) is 2.48. The molecule has 1 aliphatic carbocycles. The first-order valence-electron chi connectivity index (χ1n) is 8.02. The van der Waals surface area contributed by atoms with E-state index in [0.717, 1.165) is 24.4 Å². The molecule has 0 spiro atoms. The van der Waals surface area contributed by atoms with Gasteiger partial charge in [-0.1, -0.05) is 45.7 Å². The van der Waals surface area contributed by atoms with Crippen molar-refractivity contribution in [3.05, 3.63) is 24.3 Å². The van der Waals surface area contributed by atoms with Crippen molar-refractivity contribution >= 4 is 15.5 Å². The second-order valence-corrected chi connectivity index (χ2v) is 8.66. The molecule has 2 unspecified atom stereocenters. The number of para-hydroxylation sites is 1. The first kappa shape index (κ1) is 16.3. The molecule has 4 heteroatoms. The second kappa shape index (κ2) is 6.82. The highest BCUT2D eigenvalue weighted by molar-refractivity contribution is 7.91. The van der Waals surface area contributed by atoms with Crippen LogP contribution in [0.3, 0.4) is 0 Å². The topological polar surface area (TPSA) is 46.2 Å². The summed E-state index contributed by atoms with van der Waals surface area (Å²) in [7, 11) is -3.17. The number of anilines is 1. The van der Waals surface area contributed by atoms with Crippen LogP contribution < -0.4 is 5.32 Å². The van der Waals surface area contributed by atoms with Crippen molar-refractivity contribution in [2.24, 2.45) is 11.8 Å². The molecule has 1 aromatic rings. The summed E-state index contributed by atoms with van der Waals surface area (Å²) in [4.78, 5) is 0.444. The minimum Gasteiger partial charge on any atom is -0.381 e. The van der Waals surface area contributed by atoms with Gasteiger partial charge in [-0.05, 0) is 36.8 Å². The lowest BCUT2D eigenvalue weighted by Gasteiger charge is -2.33. The van der Waals surface area contributed by atoms with Crippen molar-refractivity contribution in [2.75, 3.05) is 11.1 Å². The van der Waals surface area contributed by atoms with Gasteiger partial charge in [0.15, 0.2) is 9.84 Å². The first-order valence-corrected chi connectivity index (χ1v) is 9.67. The largest absolute Gasteiger partial charge is 0.381 e. The summed E-state index contributed by atoms with van der Waals surface area (Å²) in [5.74, 6) is 1.58. The van der Waals surface area contributed by atoms with Crippen LogP contribution in [-0.4, -0.2) is 20.2 Å². The Morgan fingerprint density at radius 1 is 1.24 bits per heavy atom. The van der Waals surface area contributed by atoms with Crippen LogP contribution in [0, 0.1) is 11.8 Å². The second-order valence-electron chi connectivity index (χ2n) is 6.41. The minimum atomic E-state index is -3.17. The molecule has 0 radical (unpaired) electrons. The van der Waals surface area contributed by atoms with Crippen LogP contribution in [0.1, 0.15) is 46.5 Å². The first-order chi connectivity index (χ1) is 9.94. The molecule has 0 saturated heterocycles. The zero-order valence-corrected chi connectivity index (χ0v) is 14.1. The smallest absolute Gasteiger partial charge is 0.180 e. The van der Waals surface area contributed by atoms with E-state index in [-0.39, 0.29) is 5.75 Å². The van der Waals surface area contributed by atoms with Crippen molar-refractivity contribution in [1.82, 2.24) is 0 Å². The third-order valence-corrected chi connectivity index (χ3v) is 6.41. The van der Waals surface area contributed by atoms with Crippen molar-refractivity contribution in [3.63, 3.8) is 0 Å². The fourth-order valence-corrected chi connectivity index (χ4v) is 4.26. The van der Waals surface area contributed by atoms with E-state index in [1.54, 1.807) is 19.1 Å². The van der Waals surface area contributed by atoms with Crippen molar-refractivity contribution in [3.8, 4) is 0 Å². The van der Waals surface area contributed by atoms with Gasteiger partial charge in [0.1, 0.15) is 0 Å². The summed E-state index contributed by atoms with van der Waals surface area (Å²) in [6.07, 6.45) is 4.79. The fraction of sp³-hybridized carbons (Fsp3) is 0.647. The van der Waals surface area contributed by atoms with Crippen LogP contribution in [0.4, 0.5) is 5.69 Å². The average molecular weight is 309 g/mol. The molecule has 1 fully saturated rings. The molecule has 0 amide bonds. The molecular formula is C17H27NO2S. The number of benzene rings is 1. The predicted octanol–water partition coefficient (Wildman–Crippen LogP) is 4.11. The highest BCUT2D eigenvalue weighted by atomic mass is 32.2. The Kier molecular flexibility index (Phi) is 5.31. The van der Waals surface area contributed by atoms with Crippen LogP contribution >= 0.6 is 0 Å². The van der Waals surface area contributed by atoms with Crippen molar-refractivity contribution < 1.29 is 8.42 Å². The number of nitrogens with one attached hydrogen (secondary N) is 1. The van der Waals surface area contributed by atoms with Gasteiger partial charge in [-0.2, -0.15) is 0 Å². The summed E-state index contributed by atoms with van der Waals surface area (Å²) in [6.45, 7) is 6.26. The molecule has 0 aliphatic heterocycles. The van der Waals surface area contributed by atoms with Crippen molar-refractivity contribution in [2.45, 2.75) is 57.4 Å². The third-order valence-electron chi connectivity index (χ3n) is 4.62. The normalized spacial score (nSPS) is 23.2. The van der Waals surface area contributed by atoms with Crippen LogP contribution in [0.2, 0.25) is 0 Å². The molecular weight excluding hydrogens is 282 g/mol. The number of hydrogen-bond donors (Lipinski definition) is 1. The van der Waals surface area contributed by atoms with E-state index in [9.17, 15) is 8.42 Å². The lowest BCUT2D eigenvalue weighted by Crippen LogP contribution is -2.30. The summed E-state index contributed by atoms with van der Waals surface area (Å²) in [6, 6.07) is 7.69. The zero-order chi connectivity index (χ0) is 15.5. The van der Waals surface area contributed by atoms with E-state index in [0.29, 0.717) is 16.9 Å². The van der Waals surface area contributed by atoms with Crippen LogP contribution in [-0.2, 0) is 9.84 Å². The molecule has 2 atom stereocenters. The molecule has 21 heavy (non-hydrogen) atoms. The summed E-state index contributed by atoms with van der Waals surface area (Å²) < 4.78 is 24.4. The predicted molar refractivity (Wildman–Crippen MR) is 88.4 cm³/mol. The number of rotatable bonds is 5. The molecule has 0 heterocycles. The van der Waals surface area contributed by atoms with Gasteiger partial charge in [0.05, 0.1) is 16.3 Å². The van der Waals surface area contributed by atoms with Crippen LogP contribution in [0.25, 0.3) is 0 Å². The van der Waals surface area contributed by atoms with E-state index >= 15 is 0 Å². The lowest BCUT2D eigenvalue weighted by atomic mass is 9.79. The number of hydrogen-bond acceptors (Lipinski definition) is 3. The SMILES string of the molecule is CCS(=O)(=O)c1ccccc1NC1CCCC(C(C)C)C1. The Balaban J connectivity index is 2.17. The monoisotopic (exact) mass is 309 g/mol. The van der Waals surface area contributed by atoms with E-state index in [1.807, 2.05) is 12.1 Å². The molecule has 1 N–H and O–H groups in total. The Morgan fingerprint density at radius 2 is 1.95 bits per heavy atom. The van der Waals surface area contributed by atoms with Gasteiger partial charge in [-0.15, -0.1) is 0 Å². The van der Waals surface area contributed by atoms with Gasteiger partial charge in [-0.25, -0.2) is 8.42 Å². The van der Waals surface area contributed by atoms with Gasteiger partial charge in [-0.3, -0.25) is 0 Å². The van der Waals surface area contributed by atoms with Gasteiger partial charge >= 0.3 is 0 Å². The van der Waals surface area contributed by atoms with E-state index in [1.165, 1.54) is 12.8 Å².